The molecule has 0 radical (unpaired) electrons. The maximum absolute atomic E-state index is 10.6. The smallest absolute Gasteiger partial charge is 0.335 e. The van der Waals surface area contributed by atoms with Gasteiger partial charge in [-0.15, -0.1) is 0 Å². The summed E-state index contributed by atoms with van der Waals surface area (Å²) < 4.78 is 1.16. The fourth-order valence-corrected chi connectivity index (χ4v) is 0.915. The van der Waals surface area contributed by atoms with Crippen LogP contribution in [0.15, 0.2) is 36.7 Å². The van der Waals surface area contributed by atoms with Crippen LogP contribution in [0, 0.1) is 0 Å². The molecule has 1 rings (SSSR count). The van der Waals surface area contributed by atoms with Crippen LogP contribution in [0.2, 0.25) is 0 Å². The lowest BCUT2D eigenvalue weighted by Crippen LogP contribution is -2.42. The molecule has 0 unspecified atom stereocenters. The number of aromatic nitrogens is 1. The van der Waals surface area contributed by atoms with Gasteiger partial charge in [0.15, 0.2) is 12.4 Å². The van der Waals surface area contributed by atoms with E-state index >= 15 is 0 Å². The fraction of sp³-hybridized carbons (Fsp3) is 0. The van der Waals surface area contributed by atoms with E-state index in [1.807, 2.05) is 0 Å². The van der Waals surface area contributed by atoms with Crippen LogP contribution < -0.4 is 9.67 Å². The number of carboxylic acid groups (broad SMARTS) is 2. The van der Waals surface area contributed by atoms with Gasteiger partial charge in [-0.05, 0) is 0 Å². The molecule has 0 bridgehead atoms. The number of nitrogens with zero attached hydrogens (tertiary/aromatic N) is 1. The van der Waals surface area contributed by atoms with Crippen molar-refractivity contribution < 1.29 is 24.4 Å². The Morgan fingerprint density at radius 1 is 1.21 bits per heavy atom. The van der Waals surface area contributed by atoms with Gasteiger partial charge in [0, 0.05) is 12.1 Å². The summed E-state index contributed by atoms with van der Waals surface area (Å²) in [5, 5.41) is 19.0. The molecule has 1 aromatic heterocycles. The molecule has 1 heterocycles. The van der Waals surface area contributed by atoms with E-state index in [1.54, 1.807) is 18.2 Å². The zero-order valence-electron chi connectivity index (χ0n) is 7.08. The van der Waals surface area contributed by atoms with Crippen molar-refractivity contribution in [3.05, 3.63) is 36.7 Å². The van der Waals surface area contributed by atoms with Crippen LogP contribution in [0.3, 0.4) is 0 Å². The molecule has 0 aliphatic heterocycles. The van der Waals surface area contributed by atoms with Gasteiger partial charge in [0.25, 0.3) is 0 Å². The third-order valence-electron chi connectivity index (χ3n) is 1.46. The molecule has 0 atom stereocenters. The quantitative estimate of drug-likeness (QED) is 0.475. The van der Waals surface area contributed by atoms with Gasteiger partial charge in [-0.2, -0.15) is 4.57 Å². The molecule has 0 saturated heterocycles. The maximum Gasteiger partial charge on any atom is 0.335 e. The van der Waals surface area contributed by atoms with Crippen molar-refractivity contribution in [3.8, 4) is 0 Å². The van der Waals surface area contributed by atoms with E-state index in [1.165, 1.54) is 12.4 Å². The molecule has 0 fully saturated rings. The van der Waals surface area contributed by atoms with Gasteiger partial charge >= 0.3 is 5.97 Å². The lowest BCUT2D eigenvalue weighted by molar-refractivity contribution is -0.582. The fourth-order valence-electron chi connectivity index (χ4n) is 0.915. The van der Waals surface area contributed by atoms with Crippen molar-refractivity contribution in [1.82, 2.24) is 0 Å². The topological polar surface area (TPSA) is 81.3 Å². The molecular formula is C9H7NO4. The first-order chi connectivity index (χ1) is 6.61. The molecule has 0 spiro atoms. The average molecular weight is 193 g/mol. The van der Waals surface area contributed by atoms with Crippen molar-refractivity contribution >= 4 is 17.6 Å². The van der Waals surface area contributed by atoms with E-state index < -0.39 is 17.6 Å². The molecule has 0 aromatic carbocycles. The highest BCUT2D eigenvalue weighted by atomic mass is 16.4. The predicted molar refractivity (Wildman–Crippen MR) is 43.6 cm³/mol. The number of pyridine rings is 1. The number of rotatable bonds is 3. The molecule has 14 heavy (non-hydrogen) atoms. The third-order valence-corrected chi connectivity index (χ3v) is 1.46. The Morgan fingerprint density at radius 2 is 1.79 bits per heavy atom. The highest BCUT2D eigenvalue weighted by Gasteiger charge is 2.12. The van der Waals surface area contributed by atoms with E-state index in [0.29, 0.717) is 6.08 Å². The number of carbonyl (C=O) groups is 2. The molecule has 1 aromatic rings. The molecule has 5 heteroatoms. The van der Waals surface area contributed by atoms with Gasteiger partial charge in [-0.25, -0.2) is 4.79 Å². The zero-order valence-corrected chi connectivity index (χ0v) is 7.08. The summed E-state index contributed by atoms with van der Waals surface area (Å²) in [7, 11) is 0. The molecule has 5 nitrogen and oxygen atoms in total. The minimum Gasteiger partial charge on any atom is -0.539 e. The lowest BCUT2D eigenvalue weighted by atomic mass is 10.3. The summed E-state index contributed by atoms with van der Waals surface area (Å²) in [5.74, 6) is -2.87. The third kappa shape index (κ3) is 2.41. The summed E-state index contributed by atoms with van der Waals surface area (Å²) in [5.41, 5.74) is -0.418. The highest BCUT2D eigenvalue weighted by molar-refractivity contribution is 6.08. The average Bonchev–Trinajstić information content (AvgIpc) is 2.15. The minimum atomic E-state index is -1.54. The van der Waals surface area contributed by atoms with Gasteiger partial charge < -0.3 is 15.0 Å². The molecule has 0 amide bonds. The van der Waals surface area contributed by atoms with Crippen LogP contribution in [-0.4, -0.2) is 17.0 Å². The Bertz CT molecular complexity index is 383. The van der Waals surface area contributed by atoms with Crippen LogP contribution in [0.1, 0.15) is 0 Å². The van der Waals surface area contributed by atoms with Crippen LogP contribution in [0.25, 0.3) is 5.70 Å². The Kier molecular flexibility index (Phi) is 2.96. The number of hydrogen-bond donors (Lipinski definition) is 1. The predicted octanol–water partition coefficient (Wildman–Crippen LogP) is -1.35. The first-order valence-electron chi connectivity index (χ1n) is 3.74. The van der Waals surface area contributed by atoms with E-state index in [4.69, 9.17) is 5.11 Å². The molecule has 0 aliphatic rings. The van der Waals surface area contributed by atoms with Crippen molar-refractivity contribution in [2.45, 2.75) is 0 Å². The minimum absolute atomic E-state index is 0.418. The van der Waals surface area contributed by atoms with Crippen molar-refractivity contribution in [2.75, 3.05) is 0 Å². The van der Waals surface area contributed by atoms with Gasteiger partial charge in [0.05, 0.1) is 6.08 Å². The summed E-state index contributed by atoms with van der Waals surface area (Å²) in [4.78, 5) is 20.9. The lowest BCUT2D eigenvalue weighted by Gasteiger charge is -2.00. The number of carbonyl (C=O) groups excluding carboxylic acids is 1. The second-order valence-electron chi connectivity index (χ2n) is 2.44. The van der Waals surface area contributed by atoms with Crippen LogP contribution in [0.5, 0.6) is 0 Å². The second kappa shape index (κ2) is 4.18. The normalized spacial score (nSPS) is 11.0. The maximum atomic E-state index is 10.6. The van der Waals surface area contributed by atoms with Gasteiger partial charge in [0.2, 0.25) is 5.70 Å². The van der Waals surface area contributed by atoms with E-state index in [0.717, 1.165) is 4.57 Å². The first kappa shape index (κ1) is 9.91. The molecule has 0 saturated carbocycles. The van der Waals surface area contributed by atoms with E-state index in [9.17, 15) is 14.7 Å². The largest absolute Gasteiger partial charge is 0.539 e. The van der Waals surface area contributed by atoms with Gasteiger partial charge in [-0.1, -0.05) is 6.07 Å². The zero-order chi connectivity index (χ0) is 10.6. The standard InChI is InChI=1S/C9H7NO4/c11-8(12)6-7(9(13)14)10-4-2-1-3-5-10/h1-6H,(H-,11,12,13,14)/b7-6-. The number of aliphatic carboxylic acids is 2. The summed E-state index contributed by atoms with van der Waals surface area (Å²) in [6, 6.07) is 4.85. The highest BCUT2D eigenvalue weighted by Crippen LogP contribution is 1.91. The van der Waals surface area contributed by atoms with Crippen LogP contribution in [0.4, 0.5) is 0 Å². The second-order valence-corrected chi connectivity index (χ2v) is 2.44. The Hall–Kier alpha value is -2.17. The molecule has 0 aliphatic carbocycles. The van der Waals surface area contributed by atoms with E-state index in [2.05, 4.69) is 0 Å². The number of carboxylic acids is 2. The van der Waals surface area contributed by atoms with Crippen molar-refractivity contribution in [1.29, 1.82) is 0 Å². The SMILES string of the molecule is O=C(O)/C=C(/C(=O)[O-])[n+]1ccccc1. The van der Waals surface area contributed by atoms with Crippen molar-refractivity contribution in [3.63, 3.8) is 0 Å². The molecule has 1 N–H and O–H groups in total. The van der Waals surface area contributed by atoms with Gasteiger partial charge in [0.1, 0.15) is 5.97 Å². The van der Waals surface area contributed by atoms with Crippen LogP contribution >= 0.6 is 0 Å². The van der Waals surface area contributed by atoms with Gasteiger partial charge in [-0.3, -0.25) is 0 Å². The summed E-state index contributed by atoms with van der Waals surface area (Å²) in [6.07, 6.45) is 3.42. The summed E-state index contributed by atoms with van der Waals surface area (Å²) >= 11 is 0. The summed E-state index contributed by atoms with van der Waals surface area (Å²) in [6.45, 7) is 0. The first-order valence-corrected chi connectivity index (χ1v) is 3.74. The number of hydrogen-bond acceptors (Lipinski definition) is 3. The Labute approximate surface area is 79.5 Å². The Morgan fingerprint density at radius 3 is 2.21 bits per heavy atom. The van der Waals surface area contributed by atoms with Crippen molar-refractivity contribution in [2.24, 2.45) is 0 Å². The monoisotopic (exact) mass is 193 g/mol. The molecular weight excluding hydrogens is 186 g/mol. The Balaban J connectivity index is 3.14. The van der Waals surface area contributed by atoms with Crippen LogP contribution in [-0.2, 0) is 9.59 Å². The van der Waals surface area contributed by atoms with E-state index in [-0.39, 0.29) is 0 Å². The molecule has 72 valence electrons.